The van der Waals surface area contributed by atoms with Gasteiger partial charge in [-0.3, -0.25) is 4.79 Å². The van der Waals surface area contributed by atoms with Crippen LogP contribution in [0.5, 0.6) is 5.75 Å². The van der Waals surface area contributed by atoms with Crippen LogP contribution in [0.3, 0.4) is 0 Å². The quantitative estimate of drug-likeness (QED) is 0.823. The minimum atomic E-state index is -0.0625. The Morgan fingerprint density at radius 2 is 2.24 bits per heavy atom. The predicted octanol–water partition coefficient (Wildman–Crippen LogP) is 2.68. The van der Waals surface area contributed by atoms with Gasteiger partial charge in [0.15, 0.2) is 6.61 Å². The van der Waals surface area contributed by atoms with Crippen LogP contribution in [0.25, 0.3) is 0 Å². The highest BCUT2D eigenvalue weighted by Gasteiger charge is 2.06. The molecule has 0 radical (unpaired) electrons. The van der Waals surface area contributed by atoms with Gasteiger partial charge in [-0.15, -0.1) is 0 Å². The Morgan fingerprint density at radius 1 is 1.47 bits per heavy atom. The molecule has 17 heavy (non-hydrogen) atoms. The number of hydrogen-bond acceptors (Lipinski definition) is 2. The highest BCUT2D eigenvalue weighted by atomic mass is 16.5. The van der Waals surface area contributed by atoms with Crippen LogP contribution in [0.2, 0.25) is 0 Å². The Hall–Kier alpha value is -1.51. The van der Waals surface area contributed by atoms with Crippen molar-refractivity contribution in [2.45, 2.75) is 39.7 Å². The molecule has 1 atom stereocenters. The third-order valence-electron chi connectivity index (χ3n) is 2.49. The summed E-state index contributed by atoms with van der Waals surface area (Å²) in [7, 11) is 0. The van der Waals surface area contributed by atoms with Crippen LogP contribution in [0, 0.1) is 6.92 Å². The van der Waals surface area contributed by atoms with Crippen LogP contribution in [0.1, 0.15) is 32.3 Å². The molecule has 0 spiro atoms. The standard InChI is InChI=1S/C14H21NO2/c1-4-6-12(3)15-14(16)10-17-13-8-5-7-11(2)9-13/h5,7-9,12H,4,6,10H2,1-3H3,(H,15,16). The highest BCUT2D eigenvalue weighted by molar-refractivity contribution is 5.77. The van der Waals surface area contributed by atoms with Crippen molar-refractivity contribution >= 4 is 5.91 Å². The Morgan fingerprint density at radius 3 is 2.88 bits per heavy atom. The second kappa shape index (κ2) is 6.94. The molecule has 0 saturated heterocycles. The molecule has 0 saturated carbocycles. The van der Waals surface area contributed by atoms with Gasteiger partial charge in [-0.2, -0.15) is 0 Å². The lowest BCUT2D eigenvalue weighted by Gasteiger charge is -2.13. The van der Waals surface area contributed by atoms with Crippen LogP contribution >= 0.6 is 0 Å². The minimum Gasteiger partial charge on any atom is -0.484 e. The lowest BCUT2D eigenvalue weighted by Crippen LogP contribution is -2.35. The molecule has 1 amide bonds. The minimum absolute atomic E-state index is 0.0625. The summed E-state index contributed by atoms with van der Waals surface area (Å²) in [5, 5.41) is 2.90. The molecule has 3 nitrogen and oxygen atoms in total. The molecule has 0 bridgehead atoms. The number of benzene rings is 1. The molecule has 0 heterocycles. The van der Waals surface area contributed by atoms with Gasteiger partial charge < -0.3 is 10.1 Å². The maximum absolute atomic E-state index is 11.6. The Balaban J connectivity index is 2.33. The van der Waals surface area contributed by atoms with Crippen molar-refractivity contribution in [3.05, 3.63) is 29.8 Å². The van der Waals surface area contributed by atoms with Crippen molar-refractivity contribution in [1.82, 2.24) is 5.32 Å². The second-order valence-electron chi connectivity index (χ2n) is 4.36. The van der Waals surface area contributed by atoms with Crippen LogP contribution in [0.15, 0.2) is 24.3 Å². The predicted molar refractivity (Wildman–Crippen MR) is 69.2 cm³/mol. The number of amides is 1. The average molecular weight is 235 g/mol. The number of rotatable bonds is 6. The summed E-state index contributed by atoms with van der Waals surface area (Å²) in [5.74, 6) is 0.677. The molecule has 1 rings (SSSR count). The molecule has 1 aromatic rings. The van der Waals surface area contributed by atoms with E-state index in [2.05, 4.69) is 12.2 Å². The molecule has 0 aliphatic rings. The first-order chi connectivity index (χ1) is 8.11. The summed E-state index contributed by atoms with van der Waals surface area (Å²) in [6.45, 7) is 6.19. The zero-order chi connectivity index (χ0) is 12.7. The van der Waals surface area contributed by atoms with Gasteiger partial charge >= 0.3 is 0 Å². The van der Waals surface area contributed by atoms with Gasteiger partial charge in [0, 0.05) is 6.04 Å². The first-order valence-electron chi connectivity index (χ1n) is 6.10. The third-order valence-corrected chi connectivity index (χ3v) is 2.49. The van der Waals surface area contributed by atoms with E-state index in [0.29, 0.717) is 0 Å². The fourth-order valence-electron chi connectivity index (χ4n) is 1.68. The number of carbonyl (C=O) groups excluding carboxylic acids is 1. The molecule has 0 aromatic heterocycles. The van der Waals surface area contributed by atoms with E-state index >= 15 is 0 Å². The number of aryl methyl sites for hydroxylation is 1. The van der Waals surface area contributed by atoms with Crippen LogP contribution in [-0.4, -0.2) is 18.6 Å². The number of nitrogens with one attached hydrogen (secondary N) is 1. The highest BCUT2D eigenvalue weighted by Crippen LogP contribution is 2.11. The van der Waals surface area contributed by atoms with Crippen molar-refractivity contribution in [1.29, 1.82) is 0 Å². The molecule has 1 N–H and O–H groups in total. The summed E-state index contributed by atoms with van der Waals surface area (Å²) < 4.78 is 5.42. The van der Waals surface area contributed by atoms with Crippen LogP contribution < -0.4 is 10.1 Å². The molecule has 0 aliphatic heterocycles. The largest absolute Gasteiger partial charge is 0.484 e. The lowest BCUT2D eigenvalue weighted by atomic mass is 10.2. The zero-order valence-electron chi connectivity index (χ0n) is 10.8. The SMILES string of the molecule is CCCC(C)NC(=O)COc1cccc(C)c1. The molecule has 3 heteroatoms. The lowest BCUT2D eigenvalue weighted by molar-refractivity contribution is -0.123. The van der Waals surface area contributed by atoms with E-state index in [4.69, 9.17) is 4.74 Å². The third kappa shape index (κ3) is 5.38. The van der Waals surface area contributed by atoms with E-state index in [1.54, 1.807) is 0 Å². The fraction of sp³-hybridized carbons (Fsp3) is 0.500. The maximum atomic E-state index is 11.6. The van der Waals surface area contributed by atoms with Gasteiger partial charge in [-0.05, 0) is 38.0 Å². The Labute approximate surface area is 103 Å². The van der Waals surface area contributed by atoms with Crippen molar-refractivity contribution in [2.75, 3.05) is 6.61 Å². The second-order valence-corrected chi connectivity index (χ2v) is 4.36. The Bertz CT molecular complexity index is 363. The number of carbonyl (C=O) groups is 1. The topological polar surface area (TPSA) is 38.3 Å². The van der Waals surface area contributed by atoms with Crippen molar-refractivity contribution in [2.24, 2.45) is 0 Å². The first kappa shape index (κ1) is 13.6. The number of ether oxygens (including phenoxy) is 1. The molecule has 1 aromatic carbocycles. The normalized spacial score (nSPS) is 11.9. The molecular formula is C14H21NO2. The van der Waals surface area contributed by atoms with Crippen molar-refractivity contribution in [3.63, 3.8) is 0 Å². The van der Waals surface area contributed by atoms with Gasteiger partial charge in [-0.1, -0.05) is 25.5 Å². The van der Waals surface area contributed by atoms with E-state index in [9.17, 15) is 4.79 Å². The van der Waals surface area contributed by atoms with E-state index in [0.717, 1.165) is 24.2 Å². The maximum Gasteiger partial charge on any atom is 0.258 e. The van der Waals surface area contributed by atoms with Gasteiger partial charge in [0.25, 0.3) is 5.91 Å². The van der Waals surface area contributed by atoms with Crippen LogP contribution in [-0.2, 0) is 4.79 Å². The molecule has 0 fully saturated rings. The molecule has 0 aliphatic carbocycles. The van der Waals surface area contributed by atoms with Gasteiger partial charge in [0.05, 0.1) is 0 Å². The van der Waals surface area contributed by atoms with Crippen LogP contribution in [0.4, 0.5) is 0 Å². The van der Waals surface area contributed by atoms with Gasteiger partial charge in [-0.25, -0.2) is 0 Å². The first-order valence-corrected chi connectivity index (χ1v) is 6.10. The molecule has 1 unspecified atom stereocenters. The summed E-state index contributed by atoms with van der Waals surface area (Å²) in [4.78, 5) is 11.6. The van der Waals surface area contributed by atoms with E-state index < -0.39 is 0 Å². The molecule has 94 valence electrons. The zero-order valence-corrected chi connectivity index (χ0v) is 10.8. The Kier molecular flexibility index (Phi) is 5.53. The van der Waals surface area contributed by atoms with Crippen molar-refractivity contribution < 1.29 is 9.53 Å². The molecular weight excluding hydrogens is 214 g/mol. The van der Waals surface area contributed by atoms with E-state index in [1.165, 1.54) is 0 Å². The summed E-state index contributed by atoms with van der Waals surface area (Å²) in [5.41, 5.74) is 1.13. The van der Waals surface area contributed by atoms with E-state index in [-0.39, 0.29) is 18.6 Å². The van der Waals surface area contributed by atoms with Gasteiger partial charge in [0.2, 0.25) is 0 Å². The monoisotopic (exact) mass is 235 g/mol. The van der Waals surface area contributed by atoms with Crippen molar-refractivity contribution in [3.8, 4) is 5.75 Å². The fourth-order valence-corrected chi connectivity index (χ4v) is 1.68. The summed E-state index contributed by atoms with van der Waals surface area (Å²) in [6, 6.07) is 7.91. The van der Waals surface area contributed by atoms with E-state index in [1.807, 2.05) is 38.1 Å². The summed E-state index contributed by atoms with van der Waals surface area (Å²) >= 11 is 0. The summed E-state index contributed by atoms with van der Waals surface area (Å²) in [6.07, 6.45) is 2.07. The number of hydrogen-bond donors (Lipinski definition) is 1. The smallest absolute Gasteiger partial charge is 0.258 e. The van der Waals surface area contributed by atoms with Gasteiger partial charge in [0.1, 0.15) is 5.75 Å². The average Bonchev–Trinajstić information content (AvgIpc) is 2.27.